The van der Waals surface area contributed by atoms with Crippen LogP contribution in [0.1, 0.15) is 34.8 Å². The summed E-state index contributed by atoms with van der Waals surface area (Å²) in [7, 11) is -1.40. The van der Waals surface area contributed by atoms with E-state index in [4.69, 9.17) is 14.2 Å². The van der Waals surface area contributed by atoms with E-state index < -0.39 is 16.0 Å². The van der Waals surface area contributed by atoms with Gasteiger partial charge in [0.2, 0.25) is 11.6 Å². The van der Waals surface area contributed by atoms with Crippen molar-refractivity contribution in [1.29, 1.82) is 0 Å². The highest BCUT2D eigenvalue weighted by molar-refractivity contribution is 7.95. The van der Waals surface area contributed by atoms with Crippen molar-refractivity contribution in [2.24, 2.45) is 0 Å². The largest absolute Gasteiger partial charge is 0.478 e. The molecule has 2 aromatic carbocycles. The number of esters is 1. The van der Waals surface area contributed by atoms with Crippen molar-refractivity contribution in [2.45, 2.75) is 19.8 Å². The molecule has 0 bridgehead atoms. The van der Waals surface area contributed by atoms with E-state index in [2.05, 4.69) is 24.7 Å². The summed E-state index contributed by atoms with van der Waals surface area (Å²) in [4.78, 5) is 29.2. The van der Waals surface area contributed by atoms with Gasteiger partial charge in [0.05, 0.1) is 25.2 Å². The van der Waals surface area contributed by atoms with Gasteiger partial charge in [0.15, 0.2) is 11.6 Å². The predicted molar refractivity (Wildman–Crippen MR) is 149 cm³/mol. The first-order valence-corrected chi connectivity index (χ1v) is 13.8. The summed E-state index contributed by atoms with van der Waals surface area (Å²) in [5, 5.41) is 1.02. The van der Waals surface area contributed by atoms with Crippen LogP contribution in [-0.2, 0) is 21.2 Å². The second kappa shape index (κ2) is 12.8. The number of anilines is 1. The van der Waals surface area contributed by atoms with Crippen LogP contribution in [0.15, 0.2) is 72.4 Å². The highest BCUT2D eigenvalue weighted by atomic mass is 32.2. The van der Waals surface area contributed by atoms with Gasteiger partial charge in [-0.05, 0) is 47.9 Å². The zero-order valence-electron chi connectivity index (χ0n) is 22.1. The van der Waals surface area contributed by atoms with E-state index in [1.807, 2.05) is 13.0 Å². The molecule has 0 saturated carbocycles. The third-order valence-corrected chi connectivity index (χ3v) is 6.46. The van der Waals surface area contributed by atoms with Crippen LogP contribution in [0.2, 0.25) is 0 Å². The zero-order valence-corrected chi connectivity index (χ0v) is 22.9. The van der Waals surface area contributed by atoms with Crippen LogP contribution in [0.25, 0.3) is 17.7 Å². The Morgan fingerprint density at radius 2 is 1.73 bits per heavy atom. The van der Waals surface area contributed by atoms with Crippen molar-refractivity contribution < 1.29 is 27.4 Å². The number of benzene rings is 2. The van der Waals surface area contributed by atoms with E-state index in [-0.39, 0.29) is 29.1 Å². The smallest absolute Gasteiger partial charge is 0.337 e. The maximum Gasteiger partial charge on any atom is 0.337 e. The van der Waals surface area contributed by atoms with Gasteiger partial charge in [-0.1, -0.05) is 43.7 Å². The predicted octanol–water partition coefficient (Wildman–Crippen LogP) is 4.89. The Bertz CT molecular complexity index is 1610. The Morgan fingerprint density at radius 3 is 2.40 bits per heavy atom. The van der Waals surface area contributed by atoms with Crippen molar-refractivity contribution in [3.8, 4) is 29.0 Å². The van der Waals surface area contributed by atoms with Crippen LogP contribution in [0.3, 0.4) is 0 Å². The molecule has 4 rings (SSSR count). The van der Waals surface area contributed by atoms with E-state index in [1.54, 1.807) is 48.5 Å². The molecule has 0 spiro atoms. The first-order chi connectivity index (χ1) is 19.3. The molecule has 0 amide bonds. The second-order valence-electron chi connectivity index (χ2n) is 8.33. The highest BCUT2D eigenvalue weighted by Gasteiger charge is 2.24. The molecule has 206 valence electrons. The molecule has 0 saturated heterocycles. The van der Waals surface area contributed by atoms with Gasteiger partial charge in [-0.25, -0.2) is 28.2 Å². The number of nitrogens with zero attached hydrogens (tertiary/aromatic N) is 4. The lowest BCUT2D eigenvalue weighted by atomic mass is 10.1. The lowest BCUT2D eigenvalue weighted by molar-refractivity contribution is 0.0600. The third-order valence-electron chi connectivity index (χ3n) is 5.48. The average Bonchev–Trinajstić information content (AvgIpc) is 2.98. The fourth-order valence-corrected chi connectivity index (χ4v) is 4.46. The maximum absolute atomic E-state index is 13.1. The molecule has 0 aliphatic carbocycles. The third kappa shape index (κ3) is 6.97. The number of hydrogen-bond acceptors (Lipinski definition) is 10. The van der Waals surface area contributed by atoms with Crippen molar-refractivity contribution in [2.75, 3.05) is 18.9 Å². The maximum atomic E-state index is 13.1. The highest BCUT2D eigenvalue weighted by Crippen LogP contribution is 2.39. The van der Waals surface area contributed by atoms with Gasteiger partial charge in [0, 0.05) is 12.4 Å². The van der Waals surface area contributed by atoms with Crippen molar-refractivity contribution in [3.63, 3.8) is 0 Å². The molecule has 0 radical (unpaired) electrons. The Morgan fingerprint density at radius 1 is 0.975 bits per heavy atom. The summed E-state index contributed by atoms with van der Waals surface area (Å²) < 4.78 is 45.2. The van der Waals surface area contributed by atoms with Gasteiger partial charge in [0.25, 0.3) is 15.9 Å². The van der Waals surface area contributed by atoms with Gasteiger partial charge in [-0.15, -0.1) is 0 Å². The summed E-state index contributed by atoms with van der Waals surface area (Å²) in [6.45, 7) is 1.98. The number of sulfonamides is 1. The number of hydrogen-bond donors (Lipinski definition) is 1. The number of aryl methyl sites for hydroxylation is 1. The molecular formula is C28H27N5O6S. The first-order valence-electron chi connectivity index (χ1n) is 12.2. The fourth-order valence-electron chi connectivity index (χ4n) is 3.64. The van der Waals surface area contributed by atoms with Crippen LogP contribution < -0.4 is 14.2 Å². The van der Waals surface area contributed by atoms with Crippen LogP contribution in [0, 0.1) is 0 Å². The molecule has 2 heterocycles. The monoisotopic (exact) mass is 561 g/mol. The molecule has 4 aromatic rings. The van der Waals surface area contributed by atoms with Crippen molar-refractivity contribution >= 4 is 27.9 Å². The molecule has 0 unspecified atom stereocenters. The number of carbonyl (C=O) groups excluding carboxylic acids is 1. The second-order valence-corrected chi connectivity index (χ2v) is 9.90. The number of methoxy groups -OCH3 is 2. The first kappa shape index (κ1) is 28.2. The molecule has 2 aromatic heterocycles. The normalized spacial score (nSPS) is 11.3. The van der Waals surface area contributed by atoms with E-state index in [0.717, 1.165) is 11.8 Å². The van der Waals surface area contributed by atoms with E-state index >= 15 is 0 Å². The number of rotatable bonds is 11. The summed E-state index contributed by atoms with van der Waals surface area (Å²) in [6, 6.07) is 15.4. The van der Waals surface area contributed by atoms with E-state index in [0.29, 0.717) is 28.9 Å². The van der Waals surface area contributed by atoms with Crippen LogP contribution in [0.5, 0.6) is 17.4 Å². The summed E-state index contributed by atoms with van der Waals surface area (Å²) >= 11 is 0. The number of carbonyl (C=O) groups is 1. The molecule has 0 aliphatic heterocycles. The Kier molecular flexibility index (Phi) is 9.02. The zero-order chi connectivity index (χ0) is 28.5. The van der Waals surface area contributed by atoms with Crippen molar-refractivity contribution in [1.82, 2.24) is 19.9 Å². The van der Waals surface area contributed by atoms with E-state index in [9.17, 15) is 13.2 Å². The quantitative estimate of drug-likeness (QED) is 0.252. The van der Waals surface area contributed by atoms with Crippen LogP contribution in [0.4, 0.5) is 5.82 Å². The van der Waals surface area contributed by atoms with Gasteiger partial charge in [-0.3, -0.25) is 4.72 Å². The summed E-state index contributed by atoms with van der Waals surface area (Å²) in [5.41, 5.74) is 1.74. The van der Waals surface area contributed by atoms with Gasteiger partial charge >= 0.3 is 5.97 Å². The Balaban J connectivity index is 1.81. The van der Waals surface area contributed by atoms with Crippen molar-refractivity contribution in [3.05, 3.63) is 89.1 Å². The topological polar surface area (TPSA) is 142 Å². The molecule has 40 heavy (non-hydrogen) atoms. The molecule has 0 fully saturated rings. The summed E-state index contributed by atoms with van der Waals surface area (Å²) in [6.07, 6.45) is 5.79. The van der Waals surface area contributed by atoms with Crippen LogP contribution >= 0.6 is 0 Å². The lowest BCUT2D eigenvalue weighted by Crippen LogP contribution is -2.13. The standard InChI is InChI=1S/C28H27N5O6S/c1-4-9-20-18-21(28(34)38-3)12-13-22(20)39-23-24(33-40(35,36)17-14-19-10-6-5-7-11-19)31-26(32-27(23)37-2)25-29-15-8-16-30-25/h5-8,10-18H,4,9H2,1-3H3,(H,31,32,33). The SMILES string of the molecule is CCCc1cc(C(=O)OC)ccc1Oc1c(NS(=O)(=O)C=Cc2ccccc2)nc(-c2ncccn2)nc1OC. The molecule has 0 aliphatic rings. The number of ether oxygens (including phenoxy) is 3. The number of nitrogens with one attached hydrogen (secondary N) is 1. The Labute approximate surface area is 232 Å². The van der Waals surface area contributed by atoms with E-state index in [1.165, 1.54) is 32.7 Å². The molecular weight excluding hydrogens is 534 g/mol. The minimum atomic E-state index is -4.07. The lowest BCUT2D eigenvalue weighted by Gasteiger charge is -2.17. The molecule has 12 heteroatoms. The molecule has 0 atom stereocenters. The molecule has 11 nitrogen and oxygen atoms in total. The van der Waals surface area contributed by atoms with Gasteiger partial charge in [-0.2, -0.15) is 4.98 Å². The Hall–Kier alpha value is -4.84. The minimum absolute atomic E-state index is 0.0179. The van der Waals surface area contributed by atoms with Crippen LogP contribution in [-0.4, -0.2) is 48.5 Å². The number of aromatic nitrogens is 4. The minimum Gasteiger partial charge on any atom is -0.478 e. The fraction of sp³-hybridized carbons (Fsp3) is 0.179. The van der Waals surface area contributed by atoms with Gasteiger partial charge < -0.3 is 14.2 Å². The van der Waals surface area contributed by atoms with Gasteiger partial charge in [0.1, 0.15) is 5.75 Å². The molecule has 1 N–H and O–H groups in total. The summed E-state index contributed by atoms with van der Waals surface area (Å²) in [5.74, 6) is -0.280. The average molecular weight is 562 g/mol.